The molecular formula is C17H19N7S. The van der Waals surface area contributed by atoms with E-state index >= 15 is 0 Å². The number of aromatic amines is 1. The van der Waals surface area contributed by atoms with E-state index in [-0.39, 0.29) is 0 Å². The molecule has 25 heavy (non-hydrogen) atoms. The van der Waals surface area contributed by atoms with E-state index in [0.29, 0.717) is 5.65 Å². The Morgan fingerprint density at radius 2 is 1.88 bits per heavy atom. The highest BCUT2D eigenvalue weighted by molar-refractivity contribution is 7.80. The Hall–Kier alpha value is -2.74. The highest BCUT2D eigenvalue weighted by Gasteiger charge is 2.22. The van der Waals surface area contributed by atoms with Crippen molar-refractivity contribution in [1.29, 1.82) is 0 Å². The number of piperazine rings is 1. The molecular weight excluding hydrogens is 334 g/mol. The fourth-order valence-electron chi connectivity index (χ4n) is 3.00. The van der Waals surface area contributed by atoms with E-state index in [1.54, 1.807) is 12.7 Å². The normalized spacial score (nSPS) is 14.7. The van der Waals surface area contributed by atoms with Gasteiger partial charge in [-0.15, -0.1) is 0 Å². The molecule has 128 valence electrons. The molecule has 1 aromatic carbocycles. The predicted octanol–water partition coefficient (Wildman–Crippen LogP) is 1.55. The highest BCUT2D eigenvalue weighted by Crippen LogP contribution is 2.20. The van der Waals surface area contributed by atoms with E-state index in [1.165, 1.54) is 5.56 Å². The summed E-state index contributed by atoms with van der Waals surface area (Å²) in [5, 5.41) is 4.15. The SMILES string of the molecule is S=C(NCc1ccccc1)N1CCN(c2ncnc3nc[nH]c23)CC1. The van der Waals surface area contributed by atoms with Gasteiger partial charge >= 0.3 is 0 Å². The van der Waals surface area contributed by atoms with Gasteiger partial charge in [0.25, 0.3) is 0 Å². The topological polar surface area (TPSA) is 73.0 Å². The summed E-state index contributed by atoms with van der Waals surface area (Å²) in [6.07, 6.45) is 3.22. The third-order valence-corrected chi connectivity index (χ3v) is 4.76. The van der Waals surface area contributed by atoms with Crippen molar-refractivity contribution in [3.63, 3.8) is 0 Å². The van der Waals surface area contributed by atoms with Crippen molar-refractivity contribution >= 4 is 34.3 Å². The molecule has 0 bridgehead atoms. The quantitative estimate of drug-likeness (QED) is 0.692. The second kappa shape index (κ2) is 7.02. The summed E-state index contributed by atoms with van der Waals surface area (Å²) in [5.41, 5.74) is 2.82. The highest BCUT2D eigenvalue weighted by atomic mass is 32.1. The van der Waals surface area contributed by atoms with Crippen molar-refractivity contribution in [3.8, 4) is 0 Å². The van der Waals surface area contributed by atoms with Gasteiger partial charge in [0.1, 0.15) is 11.8 Å². The molecule has 1 aliphatic rings. The Morgan fingerprint density at radius 3 is 2.68 bits per heavy atom. The Balaban J connectivity index is 1.35. The minimum Gasteiger partial charge on any atom is -0.358 e. The van der Waals surface area contributed by atoms with Crippen molar-refractivity contribution in [2.24, 2.45) is 0 Å². The molecule has 3 heterocycles. The molecule has 0 amide bonds. The summed E-state index contributed by atoms with van der Waals surface area (Å²) in [5.74, 6) is 0.908. The summed E-state index contributed by atoms with van der Waals surface area (Å²) >= 11 is 5.55. The summed E-state index contributed by atoms with van der Waals surface area (Å²) in [7, 11) is 0. The lowest BCUT2D eigenvalue weighted by Crippen LogP contribution is -2.51. The lowest BCUT2D eigenvalue weighted by molar-refractivity contribution is 0.379. The van der Waals surface area contributed by atoms with E-state index in [0.717, 1.165) is 49.2 Å². The first kappa shape index (κ1) is 15.8. The molecule has 1 fully saturated rings. The van der Waals surface area contributed by atoms with Gasteiger partial charge in [0.05, 0.1) is 6.33 Å². The third kappa shape index (κ3) is 3.39. The number of fused-ring (bicyclic) bond motifs is 1. The van der Waals surface area contributed by atoms with Crippen LogP contribution in [0.4, 0.5) is 5.82 Å². The average Bonchev–Trinajstić information content (AvgIpc) is 3.16. The zero-order valence-electron chi connectivity index (χ0n) is 13.7. The van der Waals surface area contributed by atoms with Crippen LogP contribution in [0.5, 0.6) is 0 Å². The number of hydrogen-bond acceptors (Lipinski definition) is 5. The first-order chi connectivity index (χ1) is 12.3. The molecule has 2 N–H and O–H groups in total. The smallest absolute Gasteiger partial charge is 0.182 e. The van der Waals surface area contributed by atoms with Crippen LogP contribution in [-0.4, -0.2) is 56.1 Å². The fourth-order valence-corrected chi connectivity index (χ4v) is 3.25. The van der Waals surface area contributed by atoms with Crippen molar-refractivity contribution < 1.29 is 0 Å². The Kier molecular flexibility index (Phi) is 4.43. The minimum atomic E-state index is 0.701. The van der Waals surface area contributed by atoms with Crippen molar-refractivity contribution in [2.45, 2.75) is 6.54 Å². The van der Waals surface area contributed by atoms with Crippen LogP contribution in [0.3, 0.4) is 0 Å². The molecule has 0 radical (unpaired) electrons. The Labute approximate surface area is 151 Å². The number of nitrogens with zero attached hydrogens (tertiary/aromatic N) is 5. The second-order valence-corrected chi connectivity index (χ2v) is 6.30. The number of thiocarbonyl (C=S) groups is 1. The molecule has 3 aromatic rings. The van der Waals surface area contributed by atoms with E-state index in [1.807, 2.05) is 18.2 Å². The molecule has 1 aliphatic heterocycles. The van der Waals surface area contributed by atoms with Gasteiger partial charge in [-0.25, -0.2) is 15.0 Å². The molecule has 7 nitrogen and oxygen atoms in total. The summed E-state index contributed by atoms with van der Waals surface area (Å²) < 4.78 is 0. The van der Waals surface area contributed by atoms with Gasteiger partial charge in [0.15, 0.2) is 16.6 Å². The van der Waals surface area contributed by atoms with E-state index in [4.69, 9.17) is 12.2 Å². The van der Waals surface area contributed by atoms with E-state index in [9.17, 15) is 0 Å². The monoisotopic (exact) mass is 353 g/mol. The molecule has 0 unspecified atom stereocenters. The van der Waals surface area contributed by atoms with Crippen LogP contribution < -0.4 is 10.2 Å². The molecule has 2 aromatic heterocycles. The lowest BCUT2D eigenvalue weighted by Gasteiger charge is -2.36. The average molecular weight is 353 g/mol. The summed E-state index contributed by atoms with van der Waals surface area (Å²) in [4.78, 5) is 20.4. The molecule has 0 aliphatic carbocycles. The minimum absolute atomic E-state index is 0.701. The van der Waals surface area contributed by atoms with Crippen LogP contribution in [0.15, 0.2) is 43.0 Å². The van der Waals surface area contributed by atoms with Gasteiger partial charge < -0.3 is 20.1 Å². The number of rotatable bonds is 3. The first-order valence-corrected chi connectivity index (χ1v) is 8.68. The lowest BCUT2D eigenvalue weighted by atomic mass is 10.2. The zero-order chi connectivity index (χ0) is 17.1. The van der Waals surface area contributed by atoms with E-state index in [2.05, 4.69) is 47.2 Å². The van der Waals surface area contributed by atoms with Crippen LogP contribution in [-0.2, 0) is 6.54 Å². The van der Waals surface area contributed by atoms with Crippen molar-refractivity contribution in [2.75, 3.05) is 31.1 Å². The maximum Gasteiger partial charge on any atom is 0.182 e. The molecule has 4 rings (SSSR count). The van der Waals surface area contributed by atoms with Gasteiger partial charge in [-0.2, -0.15) is 0 Å². The van der Waals surface area contributed by atoms with Crippen LogP contribution in [0.2, 0.25) is 0 Å². The van der Waals surface area contributed by atoms with Crippen molar-refractivity contribution in [3.05, 3.63) is 48.5 Å². The van der Waals surface area contributed by atoms with Crippen LogP contribution in [0.1, 0.15) is 5.56 Å². The number of H-pyrrole nitrogens is 1. The van der Waals surface area contributed by atoms with Crippen LogP contribution >= 0.6 is 12.2 Å². The molecule has 0 atom stereocenters. The summed E-state index contributed by atoms with van der Waals surface area (Å²) in [6.45, 7) is 4.19. The maximum atomic E-state index is 5.55. The number of nitrogens with one attached hydrogen (secondary N) is 2. The Morgan fingerprint density at radius 1 is 1.08 bits per heavy atom. The largest absolute Gasteiger partial charge is 0.358 e. The van der Waals surface area contributed by atoms with Gasteiger partial charge in [-0.1, -0.05) is 30.3 Å². The van der Waals surface area contributed by atoms with Crippen LogP contribution in [0, 0.1) is 0 Å². The molecule has 1 saturated heterocycles. The second-order valence-electron chi connectivity index (χ2n) is 5.92. The van der Waals surface area contributed by atoms with Gasteiger partial charge in [0, 0.05) is 32.7 Å². The molecule has 8 heteroatoms. The molecule has 0 saturated carbocycles. The summed E-state index contributed by atoms with van der Waals surface area (Å²) in [6, 6.07) is 10.3. The molecule has 0 spiro atoms. The standard InChI is InChI=1S/C17H19N7S/c25-17(18-10-13-4-2-1-3-5-13)24-8-6-23(7-9-24)16-14-15(20-11-19-14)21-12-22-16/h1-5,11-12H,6-10H2,(H,18,25)(H,19,20,21,22). The van der Waals surface area contributed by atoms with Gasteiger partial charge in [-0.3, -0.25) is 0 Å². The first-order valence-electron chi connectivity index (χ1n) is 8.27. The Bertz CT molecular complexity index is 856. The zero-order valence-corrected chi connectivity index (χ0v) is 14.5. The van der Waals surface area contributed by atoms with Gasteiger partial charge in [0.2, 0.25) is 0 Å². The fraction of sp³-hybridized carbons (Fsp3) is 0.294. The number of anilines is 1. The van der Waals surface area contributed by atoms with Crippen molar-refractivity contribution in [1.82, 2.24) is 30.2 Å². The maximum absolute atomic E-state index is 5.55. The van der Waals surface area contributed by atoms with E-state index < -0.39 is 0 Å². The van der Waals surface area contributed by atoms with Crippen LogP contribution in [0.25, 0.3) is 11.2 Å². The van der Waals surface area contributed by atoms with Gasteiger partial charge in [-0.05, 0) is 17.8 Å². The number of aromatic nitrogens is 4. The number of benzene rings is 1. The number of hydrogen-bond donors (Lipinski definition) is 2. The predicted molar refractivity (Wildman–Crippen MR) is 101 cm³/mol. The number of imidazole rings is 1. The third-order valence-electron chi connectivity index (χ3n) is 4.36.